The number of hydrogen-bond acceptors (Lipinski definition) is 6. The molecule has 1 aliphatic carbocycles. The van der Waals surface area contributed by atoms with Crippen molar-refractivity contribution in [2.45, 2.75) is 38.3 Å². The molecule has 202 valence electrons. The fourth-order valence-corrected chi connectivity index (χ4v) is 5.87. The molecule has 7 nitrogen and oxygen atoms in total. The van der Waals surface area contributed by atoms with Crippen molar-refractivity contribution in [3.8, 4) is 22.0 Å². The molecule has 11 heteroatoms. The summed E-state index contributed by atoms with van der Waals surface area (Å²) in [6, 6.07) is 15.2. The minimum atomic E-state index is -4.79. The van der Waals surface area contributed by atoms with E-state index in [1.54, 1.807) is 48.5 Å². The lowest BCUT2D eigenvalue weighted by molar-refractivity contribution is -0.141. The first-order valence-corrected chi connectivity index (χ1v) is 13.3. The molecule has 0 aliphatic heterocycles. The van der Waals surface area contributed by atoms with Gasteiger partial charge in [0.25, 0.3) is 5.91 Å². The summed E-state index contributed by atoms with van der Waals surface area (Å²) in [7, 11) is 0. The number of nitrogens with one attached hydrogen (secondary N) is 1. The standard InChI is InChI=1S/C28H25F3N4O3S/c29-28(30,31)25-20(16-35(34-25)18-7-2-1-3-8-18)26(38)32-14-6-11-22(36)17-12-13-21-24(15-17)39-27(33-21)19-9-4-5-10-23(19)37/h1-5,7-10,16-17,37H,6,11-15H2,(H,32,38). The smallest absolute Gasteiger partial charge is 0.435 e. The summed E-state index contributed by atoms with van der Waals surface area (Å²) >= 11 is 1.48. The number of carbonyl (C=O) groups is 2. The second kappa shape index (κ2) is 11.0. The van der Waals surface area contributed by atoms with E-state index in [9.17, 15) is 27.9 Å². The van der Waals surface area contributed by atoms with E-state index in [-0.39, 0.29) is 30.4 Å². The maximum Gasteiger partial charge on any atom is 0.435 e. The highest BCUT2D eigenvalue weighted by atomic mass is 32.1. The summed E-state index contributed by atoms with van der Waals surface area (Å²) in [5.74, 6) is -0.847. The van der Waals surface area contributed by atoms with Gasteiger partial charge >= 0.3 is 6.18 Å². The van der Waals surface area contributed by atoms with Crippen LogP contribution in [0.15, 0.2) is 60.8 Å². The van der Waals surface area contributed by atoms with Crippen LogP contribution in [0.3, 0.4) is 0 Å². The fourth-order valence-electron chi connectivity index (χ4n) is 4.65. The van der Waals surface area contributed by atoms with Crippen LogP contribution in [0.4, 0.5) is 13.2 Å². The van der Waals surface area contributed by atoms with Crippen LogP contribution >= 0.6 is 11.3 Å². The van der Waals surface area contributed by atoms with Gasteiger partial charge in [-0.1, -0.05) is 30.3 Å². The number of aromatic hydroxyl groups is 1. The topological polar surface area (TPSA) is 97.1 Å². The number of Topliss-reactive ketones (excluding diaryl/α,β-unsaturated/α-hetero) is 1. The molecule has 1 atom stereocenters. The first kappa shape index (κ1) is 26.6. The lowest BCUT2D eigenvalue weighted by Crippen LogP contribution is -2.28. The monoisotopic (exact) mass is 554 g/mol. The molecule has 0 saturated carbocycles. The number of rotatable bonds is 8. The van der Waals surface area contributed by atoms with Crippen LogP contribution in [0.2, 0.25) is 0 Å². The van der Waals surface area contributed by atoms with Gasteiger partial charge in [-0.25, -0.2) is 9.67 Å². The Morgan fingerprint density at radius 3 is 2.59 bits per heavy atom. The van der Waals surface area contributed by atoms with Crippen LogP contribution in [0, 0.1) is 5.92 Å². The molecule has 0 saturated heterocycles. The normalized spacial score (nSPS) is 15.1. The number of amides is 1. The van der Waals surface area contributed by atoms with Crippen LogP contribution in [0.25, 0.3) is 16.3 Å². The number of phenols is 1. The van der Waals surface area contributed by atoms with E-state index in [4.69, 9.17) is 0 Å². The largest absolute Gasteiger partial charge is 0.507 e. The first-order valence-electron chi connectivity index (χ1n) is 12.5. The number of alkyl halides is 3. The van der Waals surface area contributed by atoms with Crippen molar-refractivity contribution in [1.82, 2.24) is 20.1 Å². The third kappa shape index (κ3) is 5.88. The average Bonchev–Trinajstić information content (AvgIpc) is 3.56. The summed E-state index contributed by atoms with van der Waals surface area (Å²) in [5, 5.41) is 16.9. The van der Waals surface area contributed by atoms with Gasteiger partial charge < -0.3 is 10.4 Å². The predicted octanol–water partition coefficient (Wildman–Crippen LogP) is 5.60. The average molecular weight is 555 g/mol. The molecule has 2 aromatic carbocycles. The Bertz CT molecular complexity index is 1500. The number of hydrogen-bond donors (Lipinski definition) is 2. The van der Waals surface area contributed by atoms with Gasteiger partial charge in [0.2, 0.25) is 0 Å². The van der Waals surface area contributed by atoms with Crippen molar-refractivity contribution < 1.29 is 27.9 Å². The van der Waals surface area contributed by atoms with Gasteiger partial charge in [0.05, 0.1) is 22.5 Å². The van der Waals surface area contributed by atoms with Crippen molar-refractivity contribution in [1.29, 1.82) is 0 Å². The Labute approximate surface area is 226 Å². The number of aryl methyl sites for hydroxylation is 1. The zero-order valence-electron chi connectivity index (χ0n) is 20.7. The SMILES string of the molecule is O=C(NCCCC(=O)C1CCc2nc(-c3ccccc3O)sc2C1)c1cn(-c2ccccc2)nc1C(F)(F)F. The quantitative estimate of drug-likeness (QED) is 0.276. The van der Waals surface area contributed by atoms with Crippen molar-refractivity contribution in [2.75, 3.05) is 6.54 Å². The molecule has 39 heavy (non-hydrogen) atoms. The van der Waals surface area contributed by atoms with Gasteiger partial charge in [0.15, 0.2) is 5.69 Å². The van der Waals surface area contributed by atoms with E-state index >= 15 is 0 Å². The number of aromatic nitrogens is 3. The molecule has 1 aliphatic rings. The second-order valence-electron chi connectivity index (χ2n) is 9.34. The van der Waals surface area contributed by atoms with E-state index in [1.165, 1.54) is 11.3 Å². The van der Waals surface area contributed by atoms with E-state index in [0.29, 0.717) is 36.9 Å². The number of fused-ring (bicyclic) bond motifs is 1. The number of carbonyl (C=O) groups excluding carboxylic acids is 2. The van der Waals surface area contributed by atoms with E-state index < -0.39 is 23.3 Å². The molecule has 2 N–H and O–H groups in total. The van der Waals surface area contributed by atoms with Crippen molar-refractivity contribution in [2.24, 2.45) is 5.92 Å². The maximum absolute atomic E-state index is 13.5. The highest BCUT2D eigenvalue weighted by Gasteiger charge is 2.39. The Morgan fingerprint density at radius 2 is 1.85 bits per heavy atom. The van der Waals surface area contributed by atoms with Gasteiger partial charge in [-0.05, 0) is 49.9 Å². The zero-order chi connectivity index (χ0) is 27.6. The number of nitrogens with zero attached hydrogens (tertiary/aromatic N) is 3. The fraction of sp³-hybridized carbons (Fsp3) is 0.286. The van der Waals surface area contributed by atoms with Crippen molar-refractivity contribution in [3.63, 3.8) is 0 Å². The van der Waals surface area contributed by atoms with Gasteiger partial charge in [-0.15, -0.1) is 11.3 Å². The van der Waals surface area contributed by atoms with Crippen LogP contribution < -0.4 is 5.32 Å². The molecule has 0 bridgehead atoms. The molecular weight excluding hydrogens is 529 g/mol. The van der Waals surface area contributed by atoms with E-state index in [1.807, 2.05) is 6.07 Å². The predicted molar refractivity (Wildman–Crippen MR) is 140 cm³/mol. The number of thiazole rings is 1. The number of para-hydroxylation sites is 2. The summed E-state index contributed by atoms with van der Waals surface area (Å²) < 4.78 is 41.7. The molecule has 0 fully saturated rings. The van der Waals surface area contributed by atoms with Crippen LogP contribution in [0.1, 0.15) is 45.9 Å². The summed E-state index contributed by atoms with van der Waals surface area (Å²) in [4.78, 5) is 31.2. The van der Waals surface area contributed by atoms with Gasteiger partial charge in [0.1, 0.15) is 16.5 Å². The molecule has 2 heterocycles. The highest BCUT2D eigenvalue weighted by molar-refractivity contribution is 7.15. The zero-order valence-corrected chi connectivity index (χ0v) is 21.6. The minimum Gasteiger partial charge on any atom is -0.507 e. The first-order chi connectivity index (χ1) is 18.7. The maximum atomic E-state index is 13.5. The van der Waals surface area contributed by atoms with E-state index in [0.717, 1.165) is 26.5 Å². The molecule has 5 rings (SSSR count). The summed E-state index contributed by atoms with van der Waals surface area (Å²) in [6.07, 6.45) is -1.31. The molecule has 2 aromatic heterocycles. The molecule has 4 aromatic rings. The van der Waals surface area contributed by atoms with Crippen molar-refractivity contribution in [3.05, 3.63) is 82.6 Å². The van der Waals surface area contributed by atoms with Crippen LogP contribution in [-0.4, -0.2) is 38.1 Å². The van der Waals surface area contributed by atoms with Crippen LogP contribution in [0.5, 0.6) is 5.75 Å². The van der Waals surface area contributed by atoms with E-state index in [2.05, 4.69) is 15.4 Å². The number of ketones is 1. The van der Waals surface area contributed by atoms with Gasteiger partial charge in [-0.2, -0.15) is 18.3 Å². The Kier molecular flexibility index (Phi) is 7.51. The minimum absolute atomic E-state index is 0.0558. The Hall–Kier alpha value is -3.99. The summed E-state index contributed by atoms with van der Waals surface area (Å²) in [5.41, 5.74) is 0.190. The molecule has 1 amide bonds. The highest BCUT2D eigenvalue weighted by Crippen LogP contribution is 2.38. The molecule has 0 radical (unpaired) electrons. The lowest BCUT2D eigenvalue weighted by Gasteiger charge is -2.19. The van der Waals surface area contributed by atoms with Crippen LogP contribution in [-0.2, 0) is 23.8 Å². The Balaban J connectivity index is 1.16. The second-order valence-corrected chi connectivity index (χ2v) is 10.4. The van der Waals surface area contributed by atoms with Gasteiger partial charge in [-0.3, -0.25) is 9.59 Å². The third-order valence-corrected chi connectivity index (χ3v) is 7.82. The Morgan fingerprint density at radius 1 is 1.10 bits per heavy atom. The van der Waals surface area contributed by atoms with Crippen molar-refractivity contribution >= 4 is 23.0 Å². The lowest BCUT2D eigenvalue weighted by atomic mass is 9.86. The van der Waals surface area contributed by atoms with Gasteiger partial charge in [0, 0.05) is 30.0 Å². The number of benzene rings is 2. The number of halogens is 3. The molecule has 1 unspecified atom stereocenters. The molecule has 0 spiro atoms. The number of phenolic OH excluding ortho intramolecular Hbond substituents is 1. The third-order valence-electron chi connectivity index (χ3n) is 6.66. The molecular formula is C28H25F3N4O3S. The summed E-state index contributed by atoms with van der Waals surface area (Å²) in [6.45, 7) is 0.0638.